The van der Waals surface area contributed by atoms with Gasteiger partial charge in [-0.25, -0.2) is 0 Å². The lowest BCUT2D eigenvalue weighted by Crippen LogP contribution is -2.41. The summed E-state index contributed by atoms with van der Waals surface area (Å²) in [5.41, 5.74) is 0. The molecule has 1 heterocycles. The summed E-state index contributed by atoms with van der Waals surface area (Å²) in [6, 6.07) is 0.0777. The summed E-state index contributed by atoms with van der Waals surface area (Å²) in [5.74, 6) is 0. The molecule has 5 heteroatoms. The van der Waals surface area contributed by atoms with E-state index in [1.165, 1.54) is 0 Å². The van der Waals surface area contributed by atoms with Gasteiger partial charge in [0.25, 0.3) is 0 Å². The molecule has 1 saturated heterocycles. The van der Waals surface area contributed by atoms with Crippen LogP contribution >= 0.6 is 0 Å². The molecule has 0 aromatic rings. The van der Waals surface area contributed by atoms with Crippen LogP contribution in [0.25, 0.3) is 0 Å². The molecule has 0 N–H and O–H groups in total. The second-order valence-electron chi connectivity index (χ2n) is 3.80. The minimum Gasteiger partial charge on any atom is -0.382 e. The first-order valence-corrected chi connectivity index (χ1v) is 5.02. The SMILES string of the molecule is BC1OCOC1C(COC)OC(C)C. The summed E-state index contributed by atoms with van der Waals surface area (Å²) in [4.78, 5) is 0. The van der Waals surface area contributed by atoms with E-state index in [0.29, 0.717) is 13.4 Å². The zero-order valence-electron chi connectivity index (χ0n) is 9.36. The smallest absolute Gasteiger partial charge is 0.146 e. The van der Waals surface area contributed by atoms with Crippen LogP contribution in [-0.4, -0.2) is 52.7 Å². The van der Waals surface area contributed by atoms with E-state index in [-0.39, 0.29) is 24.3 Å². The highest BCUT2D eigenvalue weighted by Gasteiger charge is 2.34. The van der Waals surface area contributed by atoms with Crippen molar-refractivity contribution in [2.75, 3.05) is 20.5 Å². The molecule has 4 nitrogen and oxygen atoms in total. The fourth-order valence-electron chi connectivity index (χ4n) is 1.59. The summed E-state index contributed by atoms with van der Waals surface area (Å²) >= 11 is 0. The van der Waals surface area contributed by atoms with Crippen molar-refractivity contribution in [3.8, 4) is 0 Å². The molecule has 1 rings (SSSR count). The maximum Gasteiger partial charge on any atom is 0.146 e. The van der Waals surface area contributed by atoms with E-state index in [0.717, 1.165) is 0 Å². The topological polar surface area (TPSA) is 36.9 Å². The third-order valence-corrected chi connectivity index (χ3v) is 2.20. The van der Waals surface area contributed by atoms with Crippen molar-refractivity contribution in [2.45, 2.75) is 38.2 Å². The van der Waals surface area contributed by atoms with E-state index in [1.807, 2.05) is 21.7 Å². The van der Waals surface area contributed by atoms with Gasteiger partial charge in [-0.05, 0) is 13.8 Å². The van der Waals surface area contributed by atoms with Crippen molar-refractivity contribution in [1.82, 2.24) is 0 Å². The standard InChI is InChI=1S/C9H19BO4/c1-6(2)14-7(4-11-3)8-9(10)13-5-12-8/h6-9H,4-5,10H2,1-3H3. The molecule has 0 saturated carbocycles. The second-order valence-corrected chi connectivity index (χ2v) is 3.80. The lowest BCUT2D eigenvalue weighted by Gasteiger charge is -2.26. The number of rotatable bonds is 5. The van der Waals surface area contributed by atoms with E-state index >= 15 is 0 Å². The van der Waals surface area contributed by atoms with E-state index in [9.17, 15) is 0 Å². The maximum absolute atomic E-state index is 5.72. The van der Waals surface area contributed by atoms with Crippen LogP contribution in [0, 0.1) is 0 Å². The normalized spacial score (nSPS) is 29.7. The molecular formula is C9H19BO4. The van der Waals surface area contributed by atoms with Gasteiger partial charge in [0.1, 0.15) is 26.8 Å². The fraction of sp³-hybridized carbons (Fsp3) is 1.00. The summed E-state index contributed by atoms with van der Waals surface area (Å²) in [6.45, 7) is 4.90. The molecule has 14 heavy (non-hydrogen) atoms. The van der Waals surface area contributed by atoms with Crippen molar-refractivity contribution in [3.05, 3.63) is 0 Å². The Morgan fingerprint density at radius 1 is 1.43 bits per heavy atom. The van der Waals surface area contributed by atoms with Gasteiger partial charge in [0.05, 0.1) is 18.7 Å². The second kappa shape index (κ2) is 5.71. The van der Waals surface area contributed by atoms with Gasteiger partial charge in [-0.2, -0.15) is 0 Å². The Morgan fingerprint density at radius 3 is 2.57 bits per heavy atom. The predicted octanol–water partition coefficient (Wildman–Crippen LogP) is -0.242. The Hall–Kier alpha value is -0.0951. The first-order chi connectivity index (χ1) is 6.65. The number of methoxy groups -OCH3 is 1. The molecule has 3 unspecified atom stereocenters. The average molecular weight is 202 g/mol. The number of hydrogen-bond acceptors (Lipinski definition) is 4. The van der Waals surface area contributed by atoms with E-state index in [1.54, 1.807) is 7.11 Å². The third kappa shape index (κ3) is 3.24. The van der Waals surface area contributed by atoms with E-state index < -0.39 is 0 Å². The fourth-order valence-corrected chi connectivity index (χ4v) is 1.59. The number of hydrogen-bond donors (Lipinski definition) is 0. The molecule has 0 aromatic heterocycles. The molecule has 1 fully saturated rings. The summed E-state index contributed by atoms with van der Waals surface area (Å²) in [7, 11) is 3.65. The molecule has 1 aliphatic rings. The molecular weight excluding hydrogens is 183 g/mol. The monoisotopic (exact) mass is 202 g/mol. The maximum atomic E-state index is 5.72. The molecule has 1 aliphatic heterocycles. The Kier molecular flexibility index (Phi) is 4.88. The zero-order chi connectivity index (χ0) is 10.6. The van der Waals surface area contributed by atoms with Gasteiger partial charge in [-0.15, -0.1) is 0 Å². The van der Waals surface area contributed by atoms with Gasteiger partial charge in [0, 0.05) is 7.11 Å². The molecule has 0 radical (unpaired) electrons. The molecule has 0 aliphatic carbocycles. The quantitative estimate of drug-likeness (QED) is 0.576. The van der Waals surface area contributed by atoms with Gasteiger partial charge in [-0.3, -0.25) is 0 Å². The van der Waals surface area contributed by atoms with Crippen LogP contribution in [-0.2, 0) is 18.9 Å². The van der Waals surface area contributed by atoms with Crippen LogP contribution in [0.15, 0.2) is 0 Å². The molecule has 0 aromatic carbocycles. The van der Waals surface area contributed by atoms with Crippen LogP contribution < -0.4 is 0 Å². The van der Waals surface area contributed by atoms with Crippen molar-refractivity contribution >= 4 is 7.85 Å². The van der Waals surface area contributed by atoms with Gasteiger partial charge < -0.3 is 18.9 Å². The van der Waals surface area contributed by atoms with Gasteiger partial charge >= 0.3 is 0 Å². The summed E-state index contributed by atoms with van der Waals surface area (Å²) in [6.07, 6.45) is 0.112. The van der Waals surface area contributed by atoms with E-state index in [4.69, 9.17) is 18.9 Å². The Balaban J connectivity index is 2.47. The first kappa shape index (κ1) is 12.0. The molecule has 0 amide bonds. The van der Waals surface area contributed by atoms with Crippen molar-refractivity contribution in [2.24, 2.45) is 0 Å². The zero-order valence-corrected chi connectivity index (χ0v) is 9.36. The highest BCUT2D eigenvalue weighted by molar-refractivity contribution is 6.11. The Morgan fingerprint density at radius 2 is 2.14 bits per heavy atom. The van der Waals surface area contributed by atoms with Crippen LogP contribution in [0.4, 0.5) is 0 Å². The largest absolute Gasteiger partial charge is 0.382 e. The summed E-state index contributed by atoms with van der Waals surface area (Å²) in [5, 5.41) is 0. The van der Waals surface area contributed by atoms with E-state index in [2.05, 4.69) is 0 Å². The molecule has 0 bridgehead atoms. The van der Waals surface area contributed by atoms with Crippen LogP contribution in [0.5, 0.6) is 0 Å². The highest BCUT2D eigenvalue weighted by Crippen LogP contribution is 2.17. The minimum atomic E-state index is -0.0440. The first-order valence-electron chi connectivity index (χ1n) is 5.02. The third-order valence-electron chi connectivity index (χ3n) is 2.20. The van der Waals surface area contributed by atoms with Gasteiger partial charge in [0.2, 0.25) is 0 Å². The van der Waals surface area contributed by atoms with Crippen molar-refractivity contribution in [3.63, 3.8) is 0 Å². The lowest BCUT2D eigenvalue weighted by molar-refractivity contribution is -0.0993. The highest BCUT2D eigenvalue weighted by atomic mass is 16.7. The van der Waals surface area contributed by atoms with Crippen LogP contribution in [0.3, 0.4) is 0 Å². The molecule has 3 atom stereocenters. The van der Waals surface area contributed by atoms with Crippen LogP contribution in [0.1, 0.15) is 13.8 Å². The summed E-state index contributed by atoms with van der Waals surface area (Å²) < 4.78 is 21.6. The number of ether oxygens (including phenoxy) is 4. The molecule has 0 spiro atoms. The lowest BCUT2D eigenvalue weighted by atomic mass is 9.91. The van der Waals surface area contributed by atoms with Crippen molar-refractivity contribution in [1.29, 1.82) is 0 Å². The minimum absolute atomic E-state index is 0.0163. The van der Waals surface area contributed by atoms with Gasteiger partial charge in [0.15, 0.2) is 0 Å². The Labute approximate surface area is 86.3 Å². The van der Waals surface area contributed by atoms with Gasteiger partial charge in [-0.1, -0.05) is 0 Å². The molecule has 82 valence electrons. The van der Waals surface area contributed by atoms with Crippen molar-refractivity contribution < 1.29 is 18.9 Å². The van der Waals surface area contributed by atoms with Crippen LogP contribution in [0.2, 0.25) is 0 Å². The predicted molar refractivity (Wildman–Crippen MR) is 55.0 cm³/mol. The average Bonchev–Trinajstić information content (AvgIpc) is 2.50. The Bertz CT molecular complexity index is 165.